The van der Waals surface area contributed by atoms with Crippen LogP contribution in [0.3, 0.4) is 0 Å². The van der Waals surface area contributed by atoms with Crippen molar-refractivity contribution in [1.82, 2.24) is 0 Å². The molecule has 0 amide bonds. The monoisotopic (exact) mass is 212 g/mol. The zero-order valence-electron chi connectivity index (χ0n) is 10.6. The molecule has 0 fully saturated rings. The van der Waals surface area contributed by atoms with Crippen molar-refractivity contribution in [2.45, 2.75) is 71.6 Å². The van der Waals surface area contributed by atoms with Crippen LogP contribution in [0.1, 0.15) is 71.6 Å². The smallest absolute Gasteiger partial charge is 0.0937 e. The molecule has 0 saturated carbocycles. The van der Waals surface area contributed by atoms with Crippen molar-refractivity contribution in [3.8, 4) is 0 Å². The molecule has 15 heavy (non-hydrogen) atoms. The highest BCUT2D eigenvalue weighted by molar-refractivity contribution is 5.80. The maximum Gasteiger partial charge on any atom is 0.0937 e. The number of hydrogen-bond donors (Lipinski definition) is 1. The van der Waals surface area contributed by atoms with Crippen molar-refractivity contribution in [2.75, 3.05) is 6.54 Å². The van der Waals surface area contributed by atoms with E-state index in [0.29, 0.717) is 0 Å². The van der Waals surface area contributed by atoms with Gasteiger partial charge in [-0.1, -0.05) is 52.4 Å². The average molecular weight is 212 g/mol. The summed E-state index contributed by atoms with van der Waals surface area (Å²) in [5, 5.41) is 0. The molecule has 2 N–H and O–H groups in total. The predicted molar refractivity (Wildman–Crippen MR) is 69.4 cm³/mol. The molecule has 0 aliphatic carbocycles. The Bertz CT molecular complexity index is 153. The number of aliphatic imine (C=N–C) groups is 1. The Balaban J connectivity index is 3.27. The molecule has 0 aliphatic heterocycles. The van der Waals surface area contributed by atoms with Crippen LogP contribution in [0.15, 0.2) is 4.99 Å². The summed E-state index contributed by atoms with van der Waals surface area (Å²) in [5.41, 5.74) is 5.82. The average Bonchev–Trinajstić information content (AvgIpc) is 2.24. The number of rotatable bonds is 10. The second-order valence-electron chi connectivity index (χ2n) is 4.24. The molecule has 0 heterocycles. The highest BCUT2D eigenvalue weighted by atomic mass is 14.8. The SMILES string of the molecule is CCCCCCN=C(N)CCCCCC. The van der Waals surface area contributed by atoms with Crippen molar-refractivity contribution in [3.05, 3.63) is 0 Å². The minimum Gasteiger partial charge on any atom is -0.387 e. The lowest BCUT2D eigenvalue weighted by Gasteiger charge is -2.01. The van der Waals surface area contributed by atoms with Crippen molar-refractivity contribution in [1.29, 1.82) is 0 Å². The molecule has 90 valence electrons. The summed E-state index contributed by atoms with van der Waals surface area (Å²) < 4.78 is 0. The van der Waals surface area contributed by atoms with Crippen LogP contribution in [0.25, 0.3) is 0 Å². The summed E-state index contributed by atoms with van der Waals surface area (Å²) in [4.78, 5) is 4.39. The fourth-order valence-electron chi connectivity index (χ4n) is 1.57. The molecule has 0 radical (unpaired) electrons. The van der Waals surface area contributed by atoms with Crippen LogP contribution in [0, 0.1) is 0 Å². The summed E-state index contributed by atoms with van der Waals surface area (Å²) in [7, 11) is 0. The van der Waals surface area contributed by atoms with E-state index in [-0.39, 0.29) is 0 Å². The molecule has 2 nitrogen and oxygen atoms in total. The van der Waals surface area contributed by atoms with Gasteiger partial charge in [-0.05, 0) is 12.8 Å². The first-order chi connectivity index (χ1) is 7.31. The largest absolute Gasteiger partial charge is 0.387 e. The molecule has 0 saturated heterocycles. The second-order valence-corrected chi connectivity index (χ2v) is 4.24. The van der Waals surface area contributed by atoms with Gasteiger partial charge in [-0.3, -0.25) is 4.99 Å². The van der Waals surface area contributed by atoms with E-state index in [9.17, 15) is 0 Å². The molecule has 0 atom stereocenters. The van der Waals surface area contributed by atoms with Gasteiger partial charge in [0.25, 0.3) is 0 Å². The van der Waals surface area contributed by atoms with Crippen molar-refractivity contribution < 1.29 is 0 Å². The molecule has 0 aromatic carbocycles. The van der Waals surface area contributed by atoms with Crippen LogP contribution in [0.2, 0.25) is 0 Å². The Labute approximate surface area is 95.4 Å². The van der Waals surface area contributed by atoms with Gasteiger partial charge in [0.2, 0.25) is 0 Å². The molecule has 0 spiro atoms. The van der Waals surface area contributed by atoms with Crippen LogP contribution in [0.5, 0.6) is 0 Å². The lowest BCUT2D eigenvalue weighted by molar-refractivity contribution is 0.667. The molecule has 0 aromatic rings. The molecule has 0 unspecified atom stereocenters. The van der Waals surface area contributed by atoms with E-state index in [1.807, 2.05) is 0 Å². The quantitative estimate of drug-likeness (QED) is 0.333. The highest BCUT2D eigenvalue weighted by Gasteiger charge is 1.93. The number of unbranched alkanes of at least 4 members (excludes halogenated alkanes) is 6. The zero-order valence-corrected chi connectivity index (χ0v) is 10.6. The van der Waals surface area contributed by atoms with Crippen LogP contribution in [-0.4, -0.2) is 12.4 Å². The fraction of sp³-hybridized carbons (Fsp3) is 0.923. The van der Waals surface area contributed by atoms with Gasteiger partial charge in [0, 0.05) is 13.0 Å². The first-order valence-corrected chi connectivity index (χ1v) is 6.60. The normalized spacial score (nSPS) is 12.0. The number of amidine groups is 1. The molecule has 0 aliphatic rings. The standard InChI is InChI=1S/C13H28N2/c1-3-5-7-9-11-13(14)15-12-10-8-6-4-2/h3-12H2,1-2H3,(H2,14,15). The lowest BCUT2D eigenvalue weighted by Crippen LogP contribution is -2.12. The lowest BCUT2D eigenvalue weighted by atomic mass is 10.1. The Morgan fingerprint density at radius 1 is 0.867 bits per heavy atom. The van der Waals surface area contributed by atoms with Crippen molar-refractivity contribution >= 4 is 5.84 Å². The van der Waals surface area contributed by atoms with E-state index in [1.165, 1.54) is 51.4 Å². The zero-order chi connectivity index (χ0) is 11.4. The highest BCUT2D eigenvalue weighted by Crippen LogP contribution is 2.03. The van der Waals surface area contributed by atoms with E-state index in [4.69, 9.17) is 5.73 Å². The third-order valence-electron chi connectivity index (χ3n) is 2.61. The van der Waals surface area contributed by atoms with Crippen LogP contribution in [0.4, 0.5) is 0 Å². The summed E-state index contributed by atoms with van der Waals surface area (Å²) in [6.07, 6.45) is 11.2. The molecule has 0 aromatic heterocycles. The van der Waals surface area contributed by atoms with E-state index < -0.39 is 0 Å². The third kappa shape index (κ3) is 11.4. The molecular formula is C13H28N2. The van der Waals surface area contributed by atoms with Gasteiger partial charge in [-0.2, -0.15) is 0 Å². The third-order valence-corrected chi connectivity index (χ3v) is 2.61. The van der Waals surface area contributed by atoms with Crippen LogP contribution < -0.4 is 5.73 Å². The summed E-state index contributed by atoms with van der Waals surface area (Å²) in [6, 6.07) is 0. The number of hydrogen-bond acceptors (Lipinski definition) is 1. The molecular weight excluding hydrogens is 184 g/mol. The van der Waals surface area contributed by atoms with Gasteiger partial charge in [0.05, 0.1) is 5.84 Å². The molecule has 2 heteroatoms. The van der Waals surface area contributed by atoms with Crippen molar-refractivity contribution in [3.63, 3.8) is 0 Å². The Morgan fingerprint density at radius 3 is 2.07 bits per heavy atom. The van der Waals surface area contributed by atoms with Gasteiger partial charge in [0.15, 0.2) is 0 Å². The minimum atomic E-state index is 0.864. The van der Waals surface area contributed by atoms with E-state index in [0.717, 1.165) is 18.8 Å². The second kappa shape index (κ2) is 11.5. The van der Waals surface area contributed by atoms with Gasteiger partial charge < -0.3 is 5.73 Å². The van der Waals surface area contributed by atoms with Crippen LogP contribution >= 0.6 is 0 Å². The Morgan fingerprint density at radius 2 is 1.47 bits per heavy atom. The first-order valence-electron chi connectivity index (χ1n) is 6.60. The van der Waals surface area contributed by atoms with E-state index in [1.54, 1.807) is 0 Å². The first kappa shape index (κ1) is 14.5. The summed E-state index contributed by atoms with van der Waals surface area (Å²) >= 11 is 0. The van der Waals surface area contributed by atoms with Crippen molar-refractivity contribution in [2.24, 2.45) is 10.7 Å². The van der Waals surface area contributed by atoms with Gasteiger partial charge in [-0.15, -0.1) is 0 Å². The Hall–Kier alpha value is -0.530. The number of nitrogens with zero attached hydrogens (tertiary/aromatic N) is 1. The summed E-state index contributed by atoms with van der Waals surface area (Å²) in [6.45, 7) is 5.39. The Kier molecular flexibility index (Phi) is 11.1. The predicted octanol–water partition coefficient (Wildman–Crippen LogP) is 3.89. The number of nitrogens with two attached hydrogens (primary N) is 1. The maximum absolute atomic E-state index is 5.82. The van der Waals surface area contributed by atoms with E-state index >= 15 is 0 Å². The maximum atomic E-state index is 5.82. The van der Waals surface area contributed by atoms with E-state index in [2.05, 4.69) is 18.8 Å². The molecule has 0 bridgehead atoms. The molecule has 0 rings (SSSR count). The topological polar surface area (TPSA) is 38.4 Å². The van der Waals surface area contributed by atoms with Gasteiger partial charge in [-0.25, -0.2) is 0 Å². The fourth-order valence-corrected chi connectivity index (χ4v) is 1.57. The minimum absolute atomic E-state index is 0.864. The van der Waals surface area contributed by atoms with Gasteiger partial charge in [0.1, 0.15) is 0 Å². The van der Waals surface area contributed by atoms with Crippen LogP contribution in [-0.2, 0) is 0 Å². The van der Waals surface area contributed by atoms with Gasteiger partial charge >= 0.3 is 0 Å². The summed E-state index contributed by atoms with van der Waals surface area (Å²) in [5.74, 6) is 0.864.